The number of nitrogens with zero attached hydrogens (tertiary/aromatic N) is 2. The monoisotopic (exact) mass is 470 g/mol. The average Bonchev–Trinajstić information content (AvgIpc) is 2.89. The Morgan fingerprint density at radius 3 is 1.94 bits per heavy atom. The van der Waals surface area contributed by atoms with Gasteiger partial charge in [0.15, 0.2) is 5.78 Å². The van der Waals surface area contributed by atoms with E-state index in [9.17, 15) is 19.7 Å². The van der Waals surface area contributed by atoms with Crippen molar-refractivity contribution in [1.29, 1.82) is 0 Å². The van der Waals surface area contributed by atoms with Gasteiger partial charge in [-0.05, 0) is 79.4 Å². The van der Waals surface area contributed by atoms with E-state index in [-0.39, 0.29) is 11.5 Å². The van der Waals surface area contributed by atoms with Gasteiger partial charge in [-0.1, -0.05) is 18.2 Å². The molecule has 35 heavy (non-hydrogen) atoms. The summed E-state index contributed by atoms with van der Waals surface area (Å²) in [5.74, 6) is -0.132. The fourth-order valence-electron chi connectivity index (χ4n) is 3.89. The number of ketones is 1. The second-order valence-electron chi connectivity index (χ2n) is 8.30. The molecule has 0 saturated carbocycles. The molecule has 2 amide bonds. The summed E-state index contributed by atoms with van der Waals surface area (Å²) in [6, 6.07) is 19.8. The van der Waals surface area contributed by atoms with Gasteiger partial charge in [0.2, 0.25) is 0 Å². The Bertz CT molecular complexity index is 1210. The molecule has 1 heterocycles. The smallest absolute Gasteiger partial charge is 0.323 e. The van der Waals surface area contributed by atoms with Crippen molar-refractivity contribution in [2.45, 2.75) is 19.3 Å². The number of carbonyl (C=O) groups excluding carboxylic acids is 2. The molecule has 8 heteroatoms. The lowest BCUT2D eigenvalue weighted by atomic mass is 10.1. The summed E-state index contributed by atoms with van der Waals surface area (Å²) in [5, 5.41) is 16.0. The molecule has 1 aliphatic rings. The van der Waals surface area contributed by atoms with Crippen LogP contribution in [0.2, 0.25) is 0 Å². The van der Waals surface area contributed by atoms with E-state index in [2.05, 4.69) is 27.7 Å². The van der Waals surface area contributed by atoms with Crippen LogP contribution >= 0.6 is 0 Å². The first-order chi connectivity index (χ1) is 17.0. The molecule has 3 aromatic rings. The van der Waals surface area contributed by atoms with Gasteiger partial charge < -0.3 is 15.5 Å². The highest BCUT2D eigenvalue weighted by molar-refractivity contribution is 6.07. The van der Waals surface area contributed by atoms with Crippen LogP contribution in [0.3, 0.4) is 0 Å². The Morgan fingerprint density at radius 2 is 1.37 bits per heavy atom. The van der Waals surface area contributed by atoms with E-state index in [4.69, 9.17) is 0 Å². The van der Waals surface area contributed by atoms with Gasteiger partial charge in [0.1, 0.15) is 0 Å². The molecule has 0 bridgehead atoms. The summed E-state index contributed by atoms with van der Waals surface area (Å²) in [6.45, 7) is 2.19. The fourth-order valence-corrected chi connectivity index (χ4v) is 3.89. The lowest BCUT2D eigenvalue weighted by molar-refractivity contribution is -0.384. The second-order valence-corrected chi connectivity index (χ2v) is 8.30. The molecule has 8 nitrogen and oxygen atoms in total. The van der Waals surface area contributed by atoms with Crippen LogP contribution in [0.4, 0.5) is 27.5 Å². The third-order valence-electron chi connectivity index (χ3n) is 5.80. The number of non-ortho nitro benzene ring substituents is 1. The molecule has 3 aromatic carbocycles. The number of hydrogen-bond acceptors (Lipinski definition) is 5. The number of urea groups is 1. The van der Waals surface area contributed by atoms with Crippen LogP contribution in [-0.4, -0.2) is 29.8 Å². The third kappa shape index (κ3) is 6.54. The van der Waals surface area contributed by atoms with E-state index >= 15 is 0 Å². The summed E-state index contributed by atoms with van der Waals surface area (Å²) >= 11 is 0. The topological polar surface area (TPSA) is 105 Å². The van der Waals surface area contributed by atoms with Gasteiger partial charge in [0.05, 0.1) is 4.92 Å². The van der Waals surface area contributed by atoms with Crippen molar-refractivity contribution < 1.29 is 14.5 Å². The molecule has 1 saturated heterocycles. The molecule has 178 valence electrons. The number of anilines is 3. The SMILES string of the molecule is O=C(Nc1ccc(C(=O)/C=C/c2ccc(N3CCCCC3)cc2)cc1)Nc1ccc([N+](=O)[O-])cc1. The van der Waals surface area contributed by atoms with Gasteiger partial charge in [0, 0.05) is 47.8 Å². The predicted octanol–water partition coefficient (Wildman–Crippen LogP) is 6.13. The summed E-state index contributed by atoms with van der Waals surface area (Å²) < 4.78 is 0. The van der Waals surface area contributed by atoms with Crippen molar-refractivity contribution in [1.82, 2.24) is 0 Å². The van der Waals surface area contributed by atoms with Crippen molar-refractivity contribution in [2.24, 2.45) is 0 Å². The maximum absolute atomic E-state index is 12.5. The summed E-state index contributed by atoms with van der Waals surface area (Å²) in [5.41, 5.74) is 3.56. The predicted molar refractivity (Wildman–Crippen MR) is 138 cm³/mol. The van der Waals surface area contributed by atoms with E-state index in [0.29, 0.717) is 16.9 Å². The van der Waals surface area contributed by atoms with Gasteiger partial charge in [0.25, 0.3) is 5.69 Å². The summed E-state index contributed by atoms with van der Waals surface area (Å²) in [4.78, 5) is 37.3. The van der Waals surface area contributed by atoms with Gasteiger partial charge in [-0.25, -0.2) is 4.79 Å². The zero-order chi connectivity index (χ0) is 24.6. The molecular formula is C27H26N4O4. The van der Waals surface area contributed by atoms with Crippen molar-refractivity contribution in [3.05, 3.63) is 100 Å². The minimum atomic E-state index is -0.506. The molecule has 2 N–H and O–H groups in total. The Hall–Kier alpha value is -4.46. The lowest BCUT2D eigenvalue weighted by Crippen LogP contribution is -2.29. The van der Waals surface area contributed by atoms with Gasteiger partial charge in [-0.15, -0.1) is 0 Å². The molecule has 0 aliphatic carbocycles. The Morgan fingerprint density at radius 1 is 0.800 bits per heavy atom. The van der Waals surface area contributed by atoms with Crippen molar-refractivity contribution in [2.75, 3.05) is 28.6 Å². The minimum absolute atomic E-state index is 0.0558. The van der Waals surface area contributed by atoms with Crippen LogP contribution in [0.5, 0.6) is 0 Å². The van der Waals surface area contributed by atoms with Crippen molar-refractivity contribution in [3.8, 4) is 0 Å². The van der Waals surface area contributed by atoms with E-state index < -0.39 is 11.0 Å². The first-order valence-corrected chi connectivity index (χ1v) is 11.5. The molecule has 4 rings (SSSR count). The molecule has 0 aromatic heterocycles. The molecule has 0 atom stereocenters. The first-order valence-electron chi connectivity index (χ1n) is 11.5. The quantitative estimate of drug-likeness (QED) is 0.187. The largest absolute Gasteiger partial charge is 0.372 e. The Labute approximate surface area is 203 Å². The Balaban J connectivity index is 1.29. The van der Waals surface area contributed by atoms with Gasteiger partial charge in [-0.3, -0.25) is 14.9 Å². The molecule has 1 fully saturated rings. The molecule has 0 unspecified atom stereocenters. The molecular weight excluding hydrogens is 444 g/mol. The van der Waals surface area contributed by atoms with E-state index in [1.807, 2.05) is 12.1 Å². The zero-order valence-corrected chi connectivity index (χ0v) is 19.1. The highest BCUT2D eigenvalue weighted by atomic mass is 16.6. The van der Waals surface area contributed by atoms with Crippen molar-refractivity contribution in [3.63, 3.8) is 0 Å². The fraction of sp³-hybridized carbons (Fsp3) is 0.185. The highest BCUT2D eigenvalue weighted by Crippen LogP contribution is 2.21. The second kappa shape index (κ2) is 11.1. The molecule has 1 aliphatic heterocycles. The molecule has 0 spiro atoms. The van der Waals surface area contributed by atoms with E-state index in [0.717, 1.165) is 18.7 Å². The number of amides is 2. The van der Waals surface area contributed by atoms with Crippen LogP contribution in [0.1, 0.15) is 35.2 Å². The number of piperidine rings is 1. The number of carbonyl (C=O) groups is 2. The zero-order valence-electron chi connectivity index (χ0n) is 19.1. The maximum atomic E-state index is 12.5. The van der Waals surface area contributed by atoms with Crippen LogP contribution in [-0.2, 0) is 0 Å². The number of nitro groups is 1. The normalized spacial score (nSPS) is 13.4. The number of nitrogens with one attached hydrogen (secondary N) is 2. The van der Waals surface area contributed by atoms with E-state index in [1.165, 1.54) is 49.2 Å². The Kier molecular flexibility index (Phi) is 7.52. The summed E-state index contributed by atoms with van der Waals surface area (Å²) in [7, 11) is 0. The number of allylic oxidation sites excluding steroid dienone is 1. The number of nitro benzene ring substituents is 1. The maximum Gasteiger partial charge on any atom is 0.323 e. The van der Waals surface area contributed by atoms with Crippen LogP contribution < -0.4 is 15.5 Å². The van der Waals surface area contributed by atoms with Crippen LogP contribution in [0.25, 0.3) is 6.08 Å². The number of benzene rings is 3. The number of rotatable bonds is 7. The standard InChI is InChI=1S/C27H26N4O4/c32-26(17-6-20-4-13-24(14-5-20)30-18-2-1-3-19-30)21-7-9-22(10-8-21)28-27(33)29-23-11-15-25(16-12-23)31(34)35/h4-17H,1-3,18-19H2,(H2,28,29,33)/b17-6+. The van der Waals surface area contributed by atoms with Gasteiger partial charge >= 0.3 is 6.03 Å². The van der Waals surface area contributed by atoms with Crippen LogP contribution in [0, 0.1) is 10.1 Å². The van der Waals surface area contributed by atoms with E-state index in [1.54, 1.807) is 36.4 Å². The van der Waals surface area contributed by atoms with Gasteiger partial charge in [-0.2, -0.15) is 0 Å². The highest BCUT2D eigenvalue weighted by Gasteiger charge is 2.11. The van der Waals surface area contributed by atoms with Crippen molar-refractivity contribution >= 4 is 40.6 Å². The minimum Gasteiger partial charge on any atom is -0.372 e. The molecule has 0 radical (unpaired) electrons. The van der Waals surface area contributed by atoms with Crippen LogP contribution in [0.15, 0.2) is 78.9 Å². The average molecular weight is 471 g/mol. The summed E-state index contributed by atoms with van der Waals surface area (Å²) in [6.07, 6.45) is 7.10. The number of hydrogen-bond donors (Lipinski definition) is 2. The lowest BCUT2D eigenvalue weighted by Gasteiger charge is -2.28. The third-order valence-corrected chi connectivity index (χ3v) is 5.80. The first kappa shape index (κ1) is 23.7.